The first-order chi connectivity index (χ1) is 11.3. The van der Waals surface area contributed by atoms with Gasteiger partial charge >= 0.3 is 6.03 Å². The number of carbonyl (C=O) groups excluding carboxylic acids is 1. The maximum Gasteiger partial charge on any atom is 0.340 e. The Bertz CT molecular complexity index is 774. The topological polar surface area (TPSA) is 77.3 Å². The number of urea groups is 1. The maximum atomic E-state index is 11.9. The van der Waals surface area contributed by atoms with E-state index < -0.39 is 6.03 Å². The highest BCUT2D eigenvalue weighted by Crippen LogP contribution is 2.37. The van der Waals surface area contributed by atoms with Gasteiger partial charge in [0.05, 0.1) is 11.8 Å². The largest absolute Gasteiger partial charge is 0.340 e. The van der Waals surface area contributed by atoms with E-state index in [1.807, 2.05) is 30.3 Å². The van der Waals surface area contributed by atoms with Crippen LogP contribution in [0.25, 0.3) is 0 Å². The van der Waals surface area contributed by atoms with Crippen LogP contribution >= 0.6 is 11.3 Å². The van der Waals surface area contributed by atoms with E-state index in [1.54, 1.807) is 6.21 Å². The van der Waals surface area contributed by atoms with Crippen LogP contribution in [0, 0.1) is 11.3 Å². The molecule has 0 aliphatic heterocycles. The van der Waals surface area contributed by atoms with Crippen molar-refractivity contribution in [3.63, 3.8) is 0 Å². The molecule has 0 saturated carbocycles. The molecule has 6 heteroatoms. The summed E-state index contributed by atoms with van der Waals surface area (Å²) in [6.45, 7) is 0. The van der Waals surface area contributed by atoms with E-state index in [2.05, 4.69) is 21.9 Å². The third-order valence-corrected chi connectivity index (χ3v) is 4.90. The number of hydrazone groups is 1. The van der Waals surface area contributed by atoms with Crippen molar-refractivity contribution in [2.45, 2.75) is 25.7 Å². The molecular formula is C17H16N4OS. The quantitative estimate of drug-likeness (QED) is 0.668. The van der Waals surface area contributed by atoms with Crippen LogP contribution in [0.2, 0.25) is 0 Å². The monoisotopic (exact) mass is 324 g/mol. The van der Waals surface area contributed by atoms with Gasteiger partial charge in [0.15, 0.2) is 0 Å². The Balaban J connectivity index is 1.65. The summed E-state index contributed by atoms with van der Waals surface area (Å²) >= 11 is 1.50. The van der Waals surface area contributed by atoms with Gasteiger partial charge in [-0.15, -0.1) is 11.3 Å². The number of thiophene rings is 1. The van der Waals surface area contributed by atoms with Gasteiger partial charge in [-0.1, -0.05) is 30.3 Å². The van der Waals surface area contributed by atoms with Crippen molar-refractivity contribution in [1.82, 2.24) is 5.43 Å². The molecule has 0 fully saturated rings. The van der Waals surface area contributed by atoms with E-state index in [0.29, 0.717) is 10.6 Å². The minimum atomic E-state index is -0.438. The second-order valence-electron chi connectivity index (χ2n) is 5.26. The Labute approximate surface area is 138 Å². The van der Waals surface area contributed by atoms with Gasteiger partial charge in [-0.25, -0.2) is 10.2 Å². The zero-order chi connectivity index (χ0) is 16.1. The van der Waals surface area contributed by atoms with Crippen LogP contribution in [0.4, 0.5) is 9.80 Å². The minimum Gasteiger partial charge on any atom is -0.297 e. The molecule has 2 N–H and O–H groups in total. The van der Waals surface area contributed by atoms with Crippen LogP contribution in [0.5, 0.6) is 0 Å². The maximum absolute atomic E-state index is 11.9. The van der Waals surface area contributed by atoms with Gasteiger partial charge < -0.3 is 0 Å². The van der Waals surface area contributed by atoms with Gasteiger partial charge in [-0.05, 0) is 36.8 Å². The van der Waals surface area contributed by atoms with Crippen LogP contribution < -0.4 is 10.7 Å². The lowest BCUT2D eigenvalue weighted by molar-refractivity contribution is 0.252. The lowest BCUT2D eigenvalue weighted by Crippen LogP contribution is -2.24. The highest BCUT2D eigenvalue weighted by atomic mass is 32.1. The Morgan fingerprint density at radius 3 is 2.83 bits per heavy atom. The predicted octanol–water partition coefficient (Wildman–Crippen LogP) is 3.65. The zero-order valence-corrected chi connectivity index (χ0v) is 13.3. The van der Waals surface area contributed by atoms with E-state index in [1.165, 1.54) is 16.2 Å². The van der Waals surface area contributed by atoms with Crippen LogP contribution in [-0.2, 0) is 12.8 Å². The number of nitrogens with zero attached hydrogens (tertiary/aromatic N) is 2. The molecule has 2 amide bonds. The van der Waals surface area contributed by atoms with Crippen molar-refractivity contribution in [1.29, 1.82) is 5.26 Å². The SMILES string of the molecule is N#Cc1c(NC(=O)N/N=C/c2ccccc2)sc2c1CCCC2. The molecule has 5 nitrogen and oxygen atoms in total. The number of nitrogens with one attached hydrogen (secondary N) is 2. The predicted molar refractivity (Wildman–Crippen MR) is 91.9 cm³/mol. The van der Waals surface area contributed by atoms with Gasteiger partial charge in [0.1, 0.15) is 11.1 Å². The second-order valence-corrected chi connectivity index (χ2v) is 6.37. The number of hydrogen-bond acceptors (Lipinski definition) is 4. The molecule has 1 aromatic carbocycles. The number of nitriles is 1. The summed E-state index contributed by atoms with van der Waals surface area (Å²) in [5.74, 6) is 0. The van der Waals surface area contributed by atoms with Crippen molar-refractivity contribution in [3.8, 4) is 6.07 Å². The van der Waals surface area contributed by atoms with Gasteiger partial charge in [0.2, 0.25) is 0 Å². The molecule has 0 spiro atoms. The number of fused-ring (bicyclic) bond motifs is 1. The summed E-state index contributed by atoms with van der Waals surface area (Å²) in [6.07, 6.45) is 5.73. The van der Waals surface area contributed by atoms with Crippen molar-refractivity contribution in [3.05, 3.63) is 51.9 Å². The fourth-order valence-corrected chi connectivity index (χ4v) is 3.84. The van der Waals surface area contributed by atoms with Gasteiger partial charge in [0.25, 0.3) is 0 Å². The van der Waals surface area contributed by atoms with Crippen LogP contribution in [0.3, 0.4) is 0 Å². The van der Waals surface area contributed by atoms with E-state index >= 15 is 0 Å². The first kappa shape index (κ1) is 15.3. The highest BCUT2D eigenvalue weighted by Gasteiger charge is 2.21. The zero-order valence-electron chi connectivity index (χ0n) is 12.5. The van der Waals surface area contributed by atoms with Crippen molar-refractivity contribution in [2.75, 3.05) is 5.32 Å². The normalized spacial score (nSPS) is 13.3. The fourth-order valence-electron chi connectivity index (χ4n) is 2.61. The Hall–Kier alpha value is -2.65. The lowest BCUT2D eigenvalue weighted by Gasteiger charge is -2.09. The van der Waals surface area contributed by atoms with Gasteiger partial charge in [-0.3, -0.25) is 5.32 Å². The van der Waals surface area contributed by atoms with Crippen LogP contribution in [0.15, 0.2) is 35.4 Å². The number of hydrogen-bond donors (Lipinski definition) is 2. The number of benzene rings is 1. The summed E-state index contributed by atoms with van der Waals surface area (Å²) in [5.41, 5.74) is 5.04. The first-order valence-electron chi connectivity index (χ1n) is 7.47. The average molecular weight is 324 g/mol. The van der Waals surface area contributed by atoms with E-state index in [4.69, 9.17) is 0 Å². The van der Waals surface area contributed by atoms with E-state index in [-0.39, 0.29) is 0 Å². The molecule has 1 aliphatic carbocycles. The van der Waals surface area contributed by atoms with Crippen LogP contribution in [-0.4, -0.2) is 12.2 Å². The van der Waals surface area contributed by atoms with Gasteiger partial charge in [-0.2, -0.15) is 10.4 Å². The molecule has 0 atom stereocenters. The average Bonchev–Trinajstić information content (AvgIpc) is 2.92. The standard InChI is InChI=1S/C17H16N4OS/c18-10-14-13-8-4-5-9-15(13)23-16(14)20-17(22)21-19-11-12-6-2-1-3-7-12/h1-3,6-7,11H,4-5,8-9H2,(H2,20,21,22)/b19-11+. The van der Waals surface area contributed by atoms with Crippen molar-refractivity contribution >= 4 is 28.6 Å². The summed E-state index contributed by atoms with van der Waals surface area (Å²) in [5, 5.41) is 16.6. The molecule has 0 bridgehead atoms. The molecule has 0 radical (unpaired) electrons. The summed E-state index contributed by atoms with van der Waals surface area (Å²) < 4.78 is 0. The highest BCUT2D eigenvalue weighted by molar-refractivity contribution is 7.16. The Morgan fingerprint density at radius 1 is 1.26 bits per heavy atom. The van der Waals surface area contributed by atoms with E-state index in [9.17, 15) is 10.1 Å². The third-order valence-electron chi connectivity index (χ3n) is 3.69. The molecule has 0 saturated heterocycles. The molecule has 0 unspecified atom stereocenters. The molecule has 3 rings (SSSR count). The number of rotatable bonds is 3. The Morgan fingerprint density at radius 2 is 2.04 bits per heavy atom. The lowest BCUT2D eigenvalue weighted by atomic mass is 9.96. The summed E-state index contributed by atoms with van der Waals surface area (Å²) in [4.78, 5) is 13.2. The van der Waals surface area contributed by atoms with Crippen molar-refractivity contribution in [2.24, 2.45) is 5.10 Å². The molecular weight excluding hydrogens is 308 g/mol. The van der Waals surface area contributed by atoms with Crippen molar-refractivity contribution < 1.29 is 4.79 Å². The Kier molecular flexibility index (Phi) is 4.69. The van der Waals surface area contributed by atoms with Crippen LogP contribution in [0.1, 0.15) is 34.4 Å². The second kappa shape index (κ2) is 7.07. The molecule has 1 aromatic heterocycles. The molecule has 1 aliphatic rings. The molecule has 1 heterocycles. The minimum absolute atomic E-state index is 0.438. The molecule has 23 heavy (non-hydrogen) atoms. The summed E-state index contributed by atoms with van der Waals surface area (Å²) in [6, 6.07) is 11.3. The molecule has 2 aromatic rings. The number of anilines is 1. The molecule has 116 valence electrons. The number of carbonyl (C=O) groups is 1. The smallest absolute Gasteiger partial charge is 0.297 e. The summed E-state index contributed by atoms with van der Waals surface area (Å²) in [7, 11) is 0. The fraction of sp³-hybridized carbons (Fsp3) is 0.235. The number of aryl methyl sites for hydroxylation is 1. The first-order valence-corrected chi connectivity index (χ1v) is 8.29. The number of amides is 2. The third kappa shape index (κ3) is 3.58. The van der Waals surface area contributed by atoms with E-state index in [0.717, 1.165) is 36.8 Å². The van der Waals surface area contributed by atoms with Gasteiger partial charge in [0, 0.05) is 4.88 Å².